The molecule has 1 aliphatic rings. The summed E-state index contributed by atoms with van der Waals surface area (Å²) >= 11 is 0. The number of benzene rings is 2. The lowest BCUT2D eigenvalue weighted by Crippen LogP contribution is -2.52. The van der Waals surface area contributed by atoms with E-state index >= 15 is 0 Å². The lowest BCUT2D eigenvalue weighted by atomic mass is 9.86. The van der Waals surface area contributed by atoms with E-state index in [2.05, 4.69) is 52.3 Å². The van der Waals surface area contributed by atoms with Crippen LogP contribution in [0.2, 0.25) is 0 Å². The first kappa shape index (κ1) is 19.2. The number of rotatable bonds is 4. The molecule has 0 bridgehead atoms. The van der Waals surface area contributed by atoms with Crippen molar-refractivity contribution in [1.29, 1.82) is 0 Å². The van der Waals surface area contributed by atoms with E-state index in [9.17, 15) is 9.59 Å². The predicted octanol–water partition coefficient (Wildman–Crippen LogP) is 3.53. The van der Waals surface area contributed by atoms with Crippen molar-refractivity contribution in [1.82, 2.24) is 20.9 Å². The van der Waals surface area contributed by atoms with Crippen molar-refractivity contribution in [3.8, 4) is 0 Å². The van der Waals surface area contributed by atoms with Gasteiger partial charge in [0.15, 0.2) is 0 Å². The molecular formula is C23H26N4O2. The van der Waals surface area contributed by atoms with Gasteiger partial charge < -0.3 is 15.6 Å². The summed E-state index contributed by atoms with van der Waals surface area (Å²) in [7, 11) is 0. The molecule has 3 aromatic rings. The fourth-order valence-electron chi connectivity index (χ4n) is 4.14. The normalized spacial score (nSPS) is 20.2. The first-order chi connectivity index (χ1) is 14.1. The molecule has 3 atom stereocenters. The number of hydrogen-bond acceptors (Lipinski definition) is 3. The Hall–Kier alpha value is -3.12. The number of hydrogen-bond donors (Lipinski definition) is 4. The Morgan fingerprint density at radius 2 is 1.83 bits per heavy atom. The zero-order valence-corrected chi connectivity index (χ0v) is 16.4. The highest BCUT2D eigenvalue weighted by Gasteiger charge is 2.29. The minimum atomic E-state index is -0.441. The number of carbonyl (C=O) groups excluding carboxylic acids is 2. The van der Waals surface area contributed by atoms with Crippen LogP contribution in [0.15, 0.2) is 60.8 Å². The average molecular weight is 390 g/mol. The fraction of sp³-hybridized carbons (Fsp3) is 0.304. The Morgan fingerprint density at radius 3 is 2.66 bits per heavy atom. The summed E-state index contributed by atoms with van der Waals surface area (Å²) in [4.78, 5) is 27.8. The Balaban J connectivity index is 1.37. The second-order valence-corrected chi connectivity index (χ2v) is 7.65. The van der Waals surface area contributed by atoms with Crippen molar-refractivity contribution in [3.63, 3.8) is 0 Å². The molecule has 0 spiro atoms. The highest BCUT2D eigenvalue weighted by atomic mass is 16.2. The van der Waals surface area contributed by atoms with E-state index in [1.165, 1.54) is 10.9 Å². The van der Waals surface area contributed by atoms with Gasteiger partial charge >= 0.3 is 6.03 Å². The van der Waals surface area contributed by atoms with Gasteiger partial charge in [-0.05, 0) is 49.1 Å². The van der Waals surface area contributed by atoms with Gasteiger partial charge in [0.05, 0.1) is 0 Å². The summed E-state index contributed by atoms with van der Waals surface area (Å²) in [5, 5.41) is 10.2. The molecule has 1 fully saturated rings. The van der Waals surface area contributed by atoms with Crippen LogP contribution < -0.4 is 16.0 Å². The van der Waals surface area contributed by atoms with Gasteiger partial charge in [-0.1, -0.05) is 43.3 Å². The quantitative estimate of drug-likeness (QED) is 0.550. The molecule has 2 aromatic carbocycles. The van der Waals surface area contributed by atoms with E-state index in [-0.39, 0.29) is 18.0 Å². The molecule has 0 aliphatic carbocycles. The third-order valence-corrected chi connectivity index (χ3v) is 5.75. The second-order valence-electron chi connectivity index (χ2n) is 7.65. The Morgan fingerprint density at radius 1 is 1.07 bits per heavy atom. The highest BCUT2D eigenvalue weighted by molar-refractivity contribution is 6.04. The third kappa shape index (κ3) is 4.32. The topological polar surface area (TPSA) is 86.0 Å². The van der Waals surface area contributed by atoms with Crippen LogP contribution in [-0.4, -0.2) is 35.6 Å². The molecule has 4 N–H and O–H groups in total. The Bertz CT molecular complexity index is 998. The number of carbonyl (C=O) groups is 2. The lowest BCUT2D eigenvalue weighted by Gasteiger charge is -2.34. The molecule has 150 valence electrons. The maximum atomic E-state index is 12.3. The number of H-pyrrole nitrogens is 1. The van der Waals surface area contributed by atoms with Gasteiger partial charge in [0.2, 0.25) is 0 Å². The smallest absolute Gasteiger partial charge is 0.321 e. The van der Waals surface area contributed by atoms with Crippen LogP contribution in [0.4, 0.5) is 4.79 Å². The van der Waals surface area contributed by atoms with Crippen molar-refractivity contribution < 1.29 is 9.59 Å². The summed E-state index contributed by atoms with van der Waals surface area (Å²) in [6, 6.07) is 16.9. The summed E-state index contributed by atoms with van der Waals surface area (Å²) < 4.78 is 0. The van der Waals surface area contributed by atoms with Crippen LogP contribution in [0.3, 0.4) is 0 Å². The van der Waals surface area contributed by atoms with Gasteiger partial charge in [0.25, 0.3) is 5.91 Å². The van der Waals surface area contributed by atoms with Crippen molar-refractivity contribution >= 4 is 22.8 Å². The average Bonchev–Trinajstić information content (AvgIpc) is 3.18. The summed E-state index contributed by atoms with van der Waals surface area (Å²) in [6.07, 6.45) is 3.73. The number of para-hydroxylation sites is 1. The zero-order valence-electron chi connectivity index (χ0n) is 16.4. The van der Waals surface area contributed by atoms with E-state index in [1.807, 2.05) is 12.1 Å². The molecule has 1 aromatic heterocycles. The first-order valence-corrected chi connectivity index (χ1v) is 10.1. The van der Waals surface area contributed by atoms with Gasteiger partial charge in [-0.25, -0.2) is 4.79 Å². The van der Waals surface area contributed by atoms with Gasteiger partial charge in [-0.3, -0.25) is 10.1 Å². The number of nitrogens with one attached hydrogen (secondary N) is 4. The lowest BCUT2D eigenvalue weighted by molar-refractivity contribution is 0.0962. The molecule has 6 heteroatoms. The molecule has 1 aliphatic heterocycles. The van der Waals surface area contributed by atoms with E-state index < -0.39 is 6.03 Å². The summed E-state index contributed by atoms with van der Waals surface area (Å²) in [6.45, 7) is 3.05. The zero-order chi connectivity index (χ0) is 20.2. The molecule has 0 saturated carbocycles. The minimum absolute atomic E-state index is 0.0254. The number of imide groups is 1. The second kappa shape index (κ2) is 8.49. The first-order valence-electron chi connectivity index (χ1n) is 10.1. The molecule has 3 unspecified atom stereocenters. The third-order valence-electron chi connectivity index (χ3n) is 5.75. The largest absolute Gasteiger partial charge is 0.361 e. The van der Waals surface area contributed by atoms with Crippen LogP contribution in [0.25, 0.3) is 10.9 Å². The van der Waals surface area contributed by atoms with Gasteiger partial charge in [0.1, 0.15) is 0 Å². The van der Waals surface area contributed by atoms with Crippen molar-refractivity contribution in [3.05, 3.63) is 71.9 Å². The number of fused-ring (bicyclic) bond motifs is 1. The van der Waals surface area contributed by atoms with E-state index in [4.69, 9.17) is 0 Å². The van der Waals surface area contributed by atoms with Crippen molar-refractivity contribution in [2.24, 2.45) is 0 Å². The minimum Gasteiger partial charge on any atom is -0.361 e. The Kier molecular flexibility index (Phi) is 5.62. The molecule has 0 radical (unpaired) electrons. The van der Waals surface area contributed by atoms with E-state index in [0.29, 0.717) is 11.5 Å². The molecular weight excluding hydrogens is 364 g/mol. The highest BCUT2D eigenvalue weighted by Crippen LogP contribution is 2.30. The SMILES string of the molecule is CC(c1c[nH]c2ccccc12)C1CC(NC(=O)NC(=O)c2ccccc2)CCN1. The number of aromatic nitrogens is 1. The molecule has 4 rings (SSSR count). The van der Waals surface area contributed by atoms with Crippen LogP contribution in [0, 0.1) is 0 Å². The van der Waals surface area contributed by atoms with E-state index in [1.54, 1.807) is 24.3 Å². The van der Waals surface area contributed by atoms with Crippen LogP contribution in [0.1, 0.15) is 41.6 Å². The number of piperidine rings is 1. The number of amides is 3. The molecule has 2 heterocycles. The maximum Gasteiger partial charge on any atom is 0.321 e. The maximum absolute atomic E-state index is 12.3. The van der Waals surface area contributed by atoms with Gasteiger partial charge in [0, 0.05) is 34.7 Å². The van der Waals surface area contributed by atoms with Crippen LogP contribution in [-0.2, 0) is 0 Å². The van der Waals surface area contributed by atoms with Crippen molar-refractivity contribution in [2.45, 2.75) is 37.8 Å². The summed E-state index contributed by atoms with van der Waals surface area (Å²) in [5.74, 6) is -0.0921. The predicted molar refractivity (Wildman–Crippen MR) is 114 cm³/mol. The van der Waals surface area contributed by atoms with Crippen LogP contribution >= 0.6 is 0 Å². The fourth-order valence-corrected chi connectivity index (χ4v) is 4.14. The molecule has 29 heavy (non-hydrogen) atoms. The van der Waals surface area contributed by atoms with Crippen LogP contribution in [0.5, 0.6) is 0 Å². The molecule has 1 saturated heterocycles. The van der Waals surface area contributed by atoms with E-state index in [0.717, 1.165) is 24.9 Å². The molecule has 6 nitrogen and oxygen atoms in total. The Labute approximate surface area is 170 Å². The summed E-state index contributed by atoms with van der Waals surface area (Å²) in [5.41, 5.74) is 2.89. The van der Waals surface area contributed by atoms with Crippen molar-refractivity contribution in [2.75, 3.05) is 6.54 Å². The number of aromatic amines is 1. The number of urea groups is 1. The molecule has 3 amide bonds. The monoisotopic (exact) mass is 390 g/mol. The van der Waals surface area contributed by atoms with Gasteiger partial charge in [-0.15, -0.1) is 0 Å². The van der Waals surface area contributed by atoms with Gasteiger partial charge in [-0.2, -0.15) is 0 Å². The standard InChI is InChI=1S/C23H26N4O2/c1-15(19-14-25-20-10-6-5-9-18(19)20)21-13-17(11-12-24-21)26-23(29)27-22(28)16-7-3-2-4-8-16/h2-10,14-15,17,21,24-25H,11-13H2,1H3,(H2,26,27,28,29).